The molecule has 2 fully saturated rings. The Morgan fingerprint density at radius 2 is 1.68 bits per heavy atom. The van der Waals surface area contributed by atoms with Crippen LogP contribution in [-0.2, 0) is 9.47 Å². The molecule has 0 aliphatic carbocycles. The van der Waals surface area contributed by atoms with Crippen LogP contribution in [0.25, 0.3) is 0 Å². The molecule has 10 heteroatoms. The van der Waals surface area contributed by atoms with Gasteiger partial charge in [-0.1, -0.05) is 0 Å². The van der Waals surface area contributed by atoms with Gasteiger partial charge >= 0.3 is 6.09 Å². The first kappa shape index (κ1) is 26.1. The van der Waals surface area contributed by atoms with Gasteiger partial charge in [-0.25, -0.2) is 13.6 Å². The fraction of sp³-hybridized carbons (Fsp3) is 0.667. The minimum atomic E-state index is -0.862. The van der Waals surface area contributed by atoms with Crippen molar-refractivity contribution in [1.82, 2.24) is 15.1 Å². The van der Waals surface area contributed by atoms with Crippen LogP contribution in [0.1, 0.15) is 39.2 Å². The monoisotopic (exact) mass is 480 g/mol. The molecule has 2 aliphatic rings. The van der Waals surface area contributed by atoms with Gasteiger partial charge in [-0.05, 0) is 45.7 Å². The van der Waals surface area contributed by atoms with E-state index < -0.39 is 29.1 Å². The van der Waals surface area contributed by atoms with Gasteiger partial charge in [0.1, 0.15) is 5.60 Å². The molecular weight excluding hydrogens is 446 g/mol. The number of carbonyl (C=O) groups excluding carboxylic acids is 1. The number of nitriles is 1. The molecule has 2 bridgehead atoms. The van der Waals surface area contributed by atoms with Gasteiger partial charge in [0, 0.05) is 45.8 Å². The van der Waals surface area contributed by atoms with Crippen molar-refractivity contribution < 1.29 is 27.8 Å². The molecule has 8 nitrogen and oxygen atoms in total. The summed E-state index contributed by atoms with van der Waals surface area (Å²) < 4.78 is 44.5. The van der Waals surface area contributed by atoms with Gasteiger partial charge in [0.05, 0.1) is 30.4 Å². The Morgan fingerprint density at radius 3 is 2.21 bits per heavy atom. The Labute approximate surface area is 199 Å². The second kappa shape index (κ2) is 11.8. The van der Waals surface area contributed by atoms with E-state index in [1.165, 1.54) is 0 Å². The third kappa shape index (κ3) is 8.08. The number of nitrogens with one attached hydrogen (secondary N) is 1. The first-order valence-electron chi connectivity index (χ1n) is 11.7. The van der Waals surface area contributed by atoms with E-state index in [1.54, 1.807) is 6.07 Å². The molecule has 2 saturated heterocycles. The molecular formula is C24H34F2N4O4. The SMILES string of the molecule is CC(C)(C)OC(=O)NCCCN1CC2CN(CCCOc3c(F)cc(C#N)cc3F)CC(C1)O2. The van der Waals surface area contributed by atoms with Gasteiger partial charge in [-0.3, -0.25) is 9.80 Å². The molecule has 1 aromatic carbocycles. The lowest BCUT2D eigenvalue weighted by molar-refractivity contribution is -0.138. The number of ether oxygens (including phenoxy) is 3. The molecule has 1 aromatic rings. The molecule has 1 amide bonds. The number of amides is 1. The highest BCUT2D eigenvalue weighted by molar-refractivity contribution is 5.67. The lowest BCUT2D eigenvalue weighted by Gasteiger charge is -2.46. The number of benzene rings is 1. The molecule has 3 rings (SSSR count). The van der Waals surface area contributed by atoms with E-state index in [9.17, 15) is 13.6 Å². The number of fused-ring (bicyclic) bond motifs is 2. The molecule has 1 N–H and O–H groups in total. The highest BCUT2D eigenvalue weighted by atomic mass is 19.1. The first-order chi connectivity index (χ1) is 16.1. The number of alkyl carbamates (subject to hydrolysis) is 1. The van der Waals surface area contributed by atoms with Crippen LogP contribution in [0.5, 0.6) is 5.75 Å². The van der Waals surface area contributed by atoms with Crippen molar-refractivity contribution in [2.75, 3.05) is 52.4 Å². The molecule has 0 spiro atoms. The van der Waals surface area contributed by atoms with Crippen LogP contribution in [0.4, 0.5) is 13.6 Å². The summed E-state index contributed by atoms with van der Waals surface area (Å²) in [5.74, 6) is -2.16. The van der Waals surface area contributed by atoms with Crippen LogP contribution in [0.15, 0.2) is 12.1 Å². The van der Waals surface area contributed by atoms with E-state index in [0.29, 0.717) is 13.0 Å². The maximum atomic E-state index is 13.9. The zero-order chi connectivity index (χ0) is 24.7. The normalized spacial score (nSPS) is 21.1. The molecule has 2 aliphatic heterocycles. The summed E-state index contributed by atoms with van der Waals surface area (Å²) >= 11 is 0. The Morgan fingerprint density at radius 1 is 1.12 bits per heavy atom. The molecule has 0 saturated carbocycles. The topological polar surface area (TPSA) is 87.1 Å². The van der Waals surface area contributed by atoms with Gasteiger partial charge in [-0.2, -0.15) is 5.26 Å². The molecule has 0 radical (unpaired) electrons. The van der Waals surface area contributed by atoms with Crippen LogP contribution >= 0.6 is 0 Å². The van der Waals surface area contributed by atoms with Crippen LogP contribution in [-0.4, -0.2) is 86.1 Å². The summed E-state index contributed by atoms with van der Waals surface area (Å²) in [6, 6.07) is 3.66. The second-order valence-corrected chi connectivity index (χ2v) is 9.76. The van der Waals surface area contributed by atoms with Gasteiger partial charge in [-0.15, -0.1) is 0 Å². The molecule has 34 heavy (non-hydrogen) atoms. The van der Waals surface area contributed by atoms with Crippen molar-refractivity contribution in [3.05, 3.63) is 29.3 Å². The summed E-state index contributed by atoms with van der Waals surface area (Å²) in [5, 5.41) is 11.6. The zero-order valence-corrected chi connectivity index (χ0v) is 20.1. The van der Waals surface area contributed by atoms with Crippen molar-refractivity contribution in [3.8, 4) is 11.8 Å². The lowest BCUT2D eigenvalue weighted by atomic mass is 10.1. The molecule has 2 unspecified atom stereocenters. The van der Waals surface area contributed by atoms with Crippen LogP contribution < -0.4 is 10.1 Å². The molecule has 188 valence electrons. The Bertz CT molecular complexity index is 850. The van der Waals surface area contributed by atoms with Crippen LogP contribution in [0.2, 0.25) is 0 Å². The maximum absolute atomic E-state index is 13.9. The predicted octanol–water partition coefficient (Wildman–Crippen LogP) is 2.91. The number of rotatable bonds is 9. The average Bonchev–Trinajstić information content (AvgIpc) is 2.73. The molecule has 0 aromatic heterocycles. The number of halogens is 2. The number of hydrogen-bond acceptors (Lipinski definition) is 7. The van der Waals surface area contributed by atoms with Crippen LogP contribution in [0.3, 0.4) is 0 Å². The van der Waals surface area contributed by atoms with Gasteiger partial charge in [0.2, 0.25) is 0 Å². The van der Waals surface area contributed by atoms with Gasteiger partial charge in [0.15, 0.2) is 17.4 Å². The third-order valence-corrected chi connectivity index (χ3v) is 5.54. The van der Waals surface area contributed by atoms with Crippen molar-refractivity contribution in [2.24, 2.45) is 0 Å². The number of nitrogens with zero attached hydrogens (tertiary/aromatic N) is 3. The third-order valence-electron chi connectivity index (χ3n) is 5.54. The number of hydrogen-bond donors (Lipinski definition) is 1. The summed E-state index contributed by atoms with van der Waals surface area (Å²) in [7, 11) is 0. The Hall–Kier alpha value is -2.48. The summed E-state index contributed by atoms with van der Waals surface area (Å²) in [6.07, 6.45) is 1.29. The van der Waals surface area contributed by atoms with E-state index in [4.69, 9.17) is 19.5 Å². The highest BCUT2D eigenvalue weighted by Gasteiger charge is 2.34. The van der Waals surface area contributed by atoms with E-state index in [2.05, 4.69) is 15.1 Å². The van der Waals surface area contributed by atoms with Gasteiger partial charge in [0.25, 0.3) is 0 Å². The minimum Gasteiger partial charge on any atom is -0.488 e. The Kier molecular flexibility index (Phi) is 9.05. The number of carbonyl (C=O) groups is 1. The van der Waals surface area contributed by atoms with Crippen molar-refractivity contribution in [1.29, 1.82) is 5.26 Å². The largest absolute Gasteiger partial charge is 0.488 e. The van der Waals surface area contributed by atoms with Crippen LogP contribution in [0, 0.1) is 23.0 Å². The van der Waals surface area contributed by atoms with Crippen molar-refractivity contribution in [3.63, 3.8) is 0 Å². The zero-order valence-electron chi connectivity index (χ0n) is 20.1. The second-order valence-electron chi connectivity index (χ2n) is 9.76. The smallest absolute Gasteiger partial charge is 0.407 e. The Balaban J connectivity index is 1.33. The standard InChI is InChI=1S/C24H34F2N4O4/c1-24(2,3)34-23(31)28-6-4-7-29-13-18-15-30(16-19(14-29)33-18)8-5-9-32-22-20(25)10-17(12-27)11-21(22)26/h10-11,18-19H,4-9,13-16H2,1-3H3,(H,28,31). The predicted molar refractivity (Wildman–Crippen MR) is 122 cm³/mol. The van der Waals surface area contributed by atoms with Gasteiger partial charge < -0.3 is 19.5 Å². The first-order valence-corrected chi connectivity index (χ1v) is 11.7. The lowest BCUT2D eigenvalue weighted by Crippen LogP contribution is -2.59. The van der Waals surface area contributed by atoms with E-state index in [0.717, 1.165) is 57.8 Å². The number of morpholine rings is 2. The highest BCUT2D eigenvalue weighted by Crippen LogP contribution is 2.24. The quantitative estimate of drug-likeness (QED) is 0.544. The molecule has 2 heterocycles. The minimum absolute atomic E-state index is 0.0736. The summed E-state index contributed by atoms with van der Waals surface area (Å²) in [6.45, 7) is 11.1. The van der Waals surface area contributed by atoms with Crippen molar-refractivity contribution in [2.45, 2.75) is 51.4 Å². The molecule has 2 atom stereocenters. The fourth-order valence-corrected chi connectivity index (χ4v) is 4.26. The maximum Gasteiger partial charge on any atom is 0.407 e. The average molecular weight is 481 g/mol. The van der Waals surface area contributed by atoms with E-state index in [-0.39, 0.29) is 24.4 Å². The summed E-state index contributed by atoms with van der Waals surface area (Å²) in [5.41, 5.74) is -0.574. The fourth-order valence-electron chi connectivity index (χ4n) is 4.26. The van der Waals surface area contributed by atoms with E-state index in [1.807, 2.05) is 20.8 Å². The van der Waals surface area contributed by atoms with Crippen molar-refractivity contribution >= 4 is 6.09 Å². The summed E-state index contributed by atoms with van der Waals surface area (Å²) in [4.78, 5) is 16.4. The van der Waals surface area contributed by atoms with E-state index >= 15 is 0 Å².